The summed E-state index contributed by atoms with van der Waals surface area (Å²) in [5, 5.41) is 0.781. The van der Waals surface area contributed by atoms with Gasteiger partial charge < -0.3 is 4.74 Å². The lowest BCUT2D eigenvalue weighted by Gasteiger charge is -2.13. The van der Waals surface area contributed by atoms with Crippen LogP contribution >= 0.6 is 23.2 Å². The van der Waals surface area contributed by atoms with E-state index < -0.39 is 11.9 Å². The summed E-state index contributed by atoms with van der Waals surface area (Å²) in [4.78, 5) is 39.1. The fourth-order valence-corrected chi connectivity index (χ4v) is 3.73. The zero-order valence-electron chi connectivity index (χ0n) is 15.6. The van der Waals surface area contributed by atoms with Gasteiger partial charge in [0.1, 0.15) is 6.61 Å². The van der Waals surface area contributed by atoms with Gasteiger partial charge in [-0.05, 0) is 35.9 Å². The van der Waals surface area contributed by atoms with Crippen LogP contribution in [-0.2, 0) is 17.9 Å². The number of hydrogen-bond donors (Lipinski definition) is 0. The molecular formula is C23H15Cl2NO4. The number of ether oxygens (including phenoxy) is 1. The van der Waals surface area contributed by atoms with Crippen LogP contribution in [0.25, 0.3) is 0 Å². The largest absolute Gasteiger partial charge is 0.457 e. The molecule has 0 bridgehead atoms. The highest BCUT2D eigenvalue weighted by molar-refractivity contribution is 6.36. The second-order valence-corrected chi connectivity index (χ2v) is 7.53. The maximum Gasteiger partial charge on any atom is 0.338 e. The predicted molar refractivity (Wildman–Crippen MR) is 113 cm³/mol. The lowest BCUT2D eigenvalue weighted by atomic mass is 10.1. The molecule has 1 heterocycles. The number of rotatable bonds is 5. The molecule has 7 heteroatoms. The number of benzene rings is 3. The molecule has 0 saturated carbocycles. The summed E-state index contributed by atoms with van der Waals surface area (Å²) in [5.41, 5.74) is 1.95. The van der Waals surface area contributed by atoms with Crippen molar-refractivity contribution in [2.45, 2.75) is 13.2 Å². The zero-order chi connectivity index (χ0) is 21.3. The summed E-state index contributed by atoms with van der Waals surface area (Å²) in [5.74, 6) is -1.47. The molecule has 4 rings (SSSR count). The molecule has 0 aliphatic carbocycles. The Bertz CT molecular complexity index is 1140. The highest BCUT2D eigenvalue weighted by Gasteiger charge is 2.36. The van der Waals surface area contributed by atoms with Gasteiger partial charge in [0.2, 0.25) is 0 Å². The summed E-state index contributed by atoms with van der Waals surface area (Å²) >= 11 is 12.2. The molecule has 3 aromatic rings. The van der Waals surface area contributed by atoms with Gasteiger partial charge in [-0.25, -0.2) is 4.79 Å². The third-order valence-corrected chi connectivity index (χ3v) is 5.51. The molecule has 5 nitrogen and oxygen atoms in total. The van der Waals surface area contributed by atoms with Crippen molar-refractivity contribution in [3.8, 4) is 0 Å². The number of nitrogens with zero attached hydrogens (tertiary/aromatic N) is 1. The van der Waals surface area contributed by atoms with E-state index in [2.05, 4.69) is 0 Å². The lowest BCUT2D eigenvalue weighted by molar-refractivity contribution is 0.0472. The van der Waals surface area contributed by atoms with Gasteiger partial charge >= 0.3 is 5.97 Å². The molecule has 0 aromatic heterocycles. The molecule has 0 atom stereocenters. The lowest BCUT2D eigenvalue weighted by Crippen LogP contribution is -2.29. The van der Waals surface area contributed by atoms with Crippen molar-refractivity contribution >= 4 is 41.0 Å². The number of amides is 2. The van der Waals surface area contributed by atoms with E-state index in [-0.39, 0.29) is 35.7 Å². The summed E-state index contributed by atoms with van der Waals surface area (Å²) < 4.78 is 5.30. The van der Waals surface area contributed by atoms with Crippen LogP contribution < -0.4 is 0 Å². The fraction of sp³-hybridized carbons (Fsp3) is 0.0870. The Morgan fingerprint density at radius 3 is 2.20 bits per heavy atom. The molecule has 0 N–H and O–H groups in total. The van der Waals surface area contributed by atoms with Crippen LogP contribution in [0.1, 0.15) is 42.2 Å². The molecule has 1 aliphatic heterocycles. The highest BCUT2D eigenvalue weighted by atomic mass is 35.5. The van der Waals surface area contributed by atoms with E-state index in [1.165, 1.54) is 23.1 Å². The molecule has 0 spiro atoms. The van der Waals surface area contributed by atoms with Gasteiger partial charge in [0.05, 0.1) is 23.2 Å². The quantitative estimate of drug-likeness (QED) is 0.407. The van der Waals surface area contributed by atoms with Crippen LogP contribution in [0.3, 0.4) is 0 Å². The third kappa shape index (κ3) is 3.82. The van der Waals surface area contributed by atoms with Crippen LogP contribution in [0.4, 0.5) is 0 Å². The maximum absolute atomic E-state index is 12.8. The number of hydrogen-bond acceptors (Lipinski definition) is 4. The van der Waals surface area contributed by atoms with Gasteiger partial charge in [-0.3, -0.25) is 14.5 Å². The van der Waals surface area contributed by atoms with E-state index in [0.717, 1.165) is 5.56 Å². The smallest absolute Gasteiger partial charge is 0.338 e. The van der Waals surface area contributed by atoms with Crippen molar-refractivity contribution in [1.29, 1.82) is 0 Å². The molecule has 30 heavy (non-hydrogen) atoms. The molecule has 3 aromatic carbocycles. The molecular weight excluding hydrogens is 425 g/mol. The second-order valence-electron chi connectivity index (χ2n) is 6.72. The number of esters is 1. The van der Waals surface area contributed by atoms with E-state index in [0.29, 0.717) is 15.6 Å². The average molecular weight is 440 g/mol. The molecule has 0 fully saturated rings. The van der Waals surface area contributed by atoms with Gasteiger partial charge in [0.25, 0.3) is 11.8 Å². The maximum atomic E-state index is 12.8. The number of imide groups is 1. The fourth-order valence-electron chi connectivity index (χ4n) is 3.22. The van der Waals surface area contributed by atoms with E-state index in [9.17, 15) is 14.4 Å². The van der Waals surface area contributed by atoms with E-state index >= 15 is 0 Å². The van der Waals surface area contributed by atoms with E-state index in [4.69, 9.17) is 27.9 Å². The van der Waals surface area contributed by atoms with Crippen LogP contribution in [0.5, 0.6) is 0 Å². The van der Waals surface area contributed by atoms with Crippen LogP contribution in [0, 0.1) is 0 Å². The van der Waals surface area contributed by atoms with E-state index in [1.54, 1.807) is 18.2 Å². The topological polar surface area (TPSA) is 63.7 Å². The standard InChI is InChI=1S/C23H15Cl2NO4/c24-19-7-4-8-20(25)18(19)13-30-23(29)15-9-10-16-17(11-15)22(28)26(21(16)27)12-14-5-2-1-3-6-14/h1-11H,12-13H2. The first-order valence-electron chi connectivity index (χ1n) is 9.10. The van der Waals surface area contributed by atoms with Gasteiger partial charge in [0.15, 0.2) is 0 Å². The van der Waals surface area contributed by atoms with Crippen molar-refractivity contribution in [1.82, 2.24) is 4.90 Å². The minimum Gasteiger partial charge on any atom is -0.457 e. The predicted octanol–water partition coefficient (Wildman–Crippen LogP) is 5.15. The summed E-state index contributed by atoms with van der Waals surface area (Å²) in [7, 11) is 0. The first-order valence-corrected chi connectivity index (χ1v) is 9.85. The zero-order valence-corrected chi connectivity index (χ0v) is 17.1. The number of fused-ring (bicyclic) bond motifs is 1. The van der Waals surface area contributed by atoms with Crippen molar-refractivity contribution in [2.24, 2.45) is 0 Å². The minimum absolute atomic E-state index is 0.110. The Labute approximate surface area is 182 Å². The van der Waals surface area contributed by atoms with Crippen LogP contribution in [0.15, 0.2) is 66.7 Å². The number of carbonyl (C=O) groups is 3. The van der Waals surface area contributed by atoms with Gasteiger partial charge in [-0.2, -0.15) is 0 Å². The highest BCUT2D eigenvalue weighted by Crippen LogP contribution is 2.27. The Kier molecular flexibility index (Phi) is 5.57. The minimum atomic E-state index is -0.643. The van der Waals surface area contributed by atoms with Crippen molar-refractivity contribution in [2.75, 3.05) is 0 Å². The first-order chi connectivity index (χ1) is 14.5. The van der Waals surface area contributed by atoms with Crippen molar-refractivity contribution in [3.05, 3.63) is 105 Å². The van der Waals surface area contributed by atoms with Gasteiger partial charge in [-0.15, -0.1) is 0 Å². The SMILES string of the molecule is O=C(OCc1c(Cl)cccc1Cl)c1ccc2c(c1)C(=O)N(Cc1ccccc1)C2=O. The summed E-state index contributed by atoms with van der Waals surface area (Å²) in [6.07, 6.45) is 0. The average Bonchev–Trinajstić information content (AvgIpc) is 2.98. The van der Waals surface area contributed by atoms with Crippen LogP contribution in [-0.4, -0.2) is 22.7 Å². The molecule has 150 valence electrons. The Morgan fingerprint density at radius 1 is 0.833 bits per heavy atom. The Hall–Kier alpha value is -3.15. The van der Waals surface area contributed by atoms with Crippen molar-refractivity contribution < 1.29 is 19.1 Å². The van der Waals surface area contributed by atoms with Gasteiger partial charge in [-0.1, -0.05) is 59.6 Å². The molecule has 0 unspecified atom stereocenters. The van der Waals surface area contributed by atoms with Crippen molar-refractivity contribution in [3.63, 3.8) is 0 Å². The molecule has 0 saturated heterocycles. The number of halogens is 2. The normalized spacial score (nSPS) is 12.8. The monoisotopic (exact) mass is 439 g/mol. The molecule has 2 amide bonds. The Balaban J connectivity index is 1.52. The molecule has 1 aliphatic rings. The second kappa shape index (κ2) is 8.30. The van der Waals surface area contributed by atoms with Crippen LogP contribution in [0.2, 0.25) is 10.0 Å². The van der Waals surface area contributed by atoms with E-state index in [1.807, 2.05) is 30.3 Å². The first kappa shape index (κ1) is 20.1. The Morgan fingerprint density at radius 2 is 1.50 bits per heavy atom. The third-order valence-electron chi connectivity index (χ3n) is 4.80. The number of carbonyl (C=O) groups excluding carboxylic acids is 3. The summed E-state index contributed by atoms with van der Waals surface area (Å²) in [6, 6.07) is 18.5. The summed E-state index contributed by atoms with van der Waals surface area (Å²) in [6.45, 7) is 0.0550. The molecule has 0 radical (unpaired) electrons. The van der Waals surface area contributed by atoms with Gasteiger partial charge in [0, 0.05) is 15.6 Å².